The van der Waals surface area contributed by atoms with Crippen molar-refractivity contribution >= 4 is 0 Å². The van der Waals surface area contributed by atoms with Gasteiger partial charge in [0.1, 0.15) is 0 Å². The molecule has 0 heterocycles. The first-order valence-electron chi connectivity index (χ1n) is 5.61. The van der Waals surface area contributed by atoms with Gasteiger partial charge in [-0.2, -0.15) is 0 Å². The summed E-state index contributed by atoms with van der Waals surface area (Å²) in [5, 5.41) is 3.45. The summed E-state index contributed by atoms with van der Waals surface area (Å²) >= 11 is 0. The molecule has 1 aliphatic carbocycles. The smallest absolute Gasteiger partial charge is 0.0337 e. The van der Waals surface area contributed by atoms with E-state index in [0.717, 1.165) is 13.0 Å². The van der Waals surface area contributed by atoms with E-state index in [-0.39, 0.29) is 0 Å². The van der Waals surface area contributed by atoms with Crippen molar-refractivity contribution in [2.45, 2.75) is 39.5 Å². The van der Waals surface area contributed by atoms with Gasteiger partial charge in [-0.3, -0.25) is 0 Å². The molecule has 1 rings (SSSR count). The van der Waals surface area contributed by atoms with Crippen LogP contribution in [0.2, 0.25) is 0 Å². The molecule has 0 fully saturated rings. The molecule has 0 unspecified atom stereocenters. The highest BCUT2D eigenvalue weighted by Gasteiger charge is 1.94. The summed E-state index contributed by atoms with van der Waals surface area (Å²) in [6.07, 6.45) is 13.7. The standard InChI is InChI=1S/C13H21N/c1-3-4-5-11-14-13-8-6-7-12(2)9-10-13/h6,8-10,14H,3-5,7,11H2,1-2H3. The molecule has 0 amide bonds. The largest absolute Gasteiger partial charge is 0.385 e. The van der Waals surface area contributed by atoms with E-state index in [1.165, 1.54) is 30.5 Å². The number of unbranched alkanes of at least 4 members (excludes halogenated alkanes) is 2. The Morgan fingerprint density at radius 3 is 2.93 bits per heavy atom. The van der Waals surface area contributed by atoms with E-state index < -0.39 is 0 Å². The maximum Gasteiger partial charge on any atom is 0.0337 e. The Morgan fingerprint density at radius 1 is 1.29 bits per heavy atom. The minimum absolute atomic E-state index is 1.08. The maximum atomic E-state index is 3.45. The molecule has 1 aliphatic rings. The van der Waals surface area contributed by atoms with E-state index >= 15 is 0 Å². The Bertz CT molecular complexity index is 246. The Balaban J connectivity index is 2.30. The lowest BCUT2D eigenvalue weighted by molar-refractivity contribution is 0.673. The van der Waals surface area contributed by atoms with Crippen molar-refractivity contribution in [1.29, 1.82) is 0 Å². The van der Waals surface area contributed by atoms with Gasteiger partial charge in [-0.15, -0.1) is 0 Å². The van der Waals surface area contributed by atoms with Crippen molar-refractivity contribution in [3.05, 3.63) is 35.6 Å². The third-order valence-corrected chi connectivity index (χ3v) is 2.39. The van der Waals surface area contributed by atoms with Crippen LogP contribution in [0.5, 0.6) is 0 Å². The average Bonchev–Trinajstić information content (AvgIpc) is 2.38. The number of nitrogens with one attached hydrogen (secondary N) is 1. The Hall–Kier alpha value is -0.980. The van der Waals surface area contributed by atoms with Gasteiger partial charge >= 0.3 is 0 Å². The summed E-state index contributed by atoms with van der Waals surface area (Å²) in [6, 6.07) is 0. The molecule has 0 aromatic heterocycles. The minimum atomic E-state index is 1.08. The Morgan fingerprint density at radius 2 is 2.14 bits per heavy atom. The summed E-state index contributed by atoms with van der Waals surface area (Å²) < 4.78 is 0. The Kier molecular flexibility index (Phi) is 5.13. The van der Waals surface area contributed by atoms with E-state index in [9.17, 15) is 0 Å². The number of hydrogen-bond acceptors (Lipinski definition) is 1. The van der Waals surface area contributed by atoms with E-state index in [4.69, 9.17) is 0 Å². The van der Waals surface area contributed by atoms with Crippen molar-refractivity contribution in [2.75, 3.05) is 6.54 Å². The van der Waals surface area contributed by atoms with Crippen LogP contribution in [-0.4, -0.2) is 6.54 Å². The molecule has 0 aliphatic heterocycles. The van der Waals surface area contributed by atoms with Gasteiger partial charge in [0.05, 0.1) is 0 Å². The van der Waals surface area contributed by atoms with Gasteiger partial charge in [0.2, 0.25) is 0 Å². The monoisotopic (exact) mass is 191 g/mol. The lowest BCUT2D eigenvalue weighted by Crippen LogP contribution is -2.12. The zero-order valence-corrected chi connectivity index (χ0v) is 9.34. The zero-order valence-electron chi connectivity index (χ0n) is 9.34. The van der Waals surface area contributed by atoms with Gasteiger partial charge in [0.25, 0.3) is 0 Å². The molecule has 1 nitrogen and oxygen atoms in total. The highest BCUT2D eigenvalue weighted by atomic mass is 14.9. The van der Waals surface area contributed by atoms with Crippen LogP contribution in [0.25, 0.3) is 0 Å². The highest BCUT2D eigenvalue weighted by molar-refractivity contribution is 5.28. The number of allylic oxidation sites excluding steroid dienone is 5. The van der Waals surface area contributed by atoms with E-state index in [1.807, 2.05) is 0 Å². The summed E-state index contributed by atoms with van der Waals surface area (Å²) in [6.45, 7) is 5.49. The lowest BCUT2D eigenvalue weighted by Gasteiger charge is -2.05. The van der Waals surface area contributed by atoms with E-state index in [1.54, 1.807) is 0 Å². The van der Waals surface area contributed by atoms with Gasteiger partial charge in [-0.25, -0.2) is 0 Å². The second kappa shape index (κ2) is 6.47. The molecular weight excluding hydrogens is 170 g/mol. The molecule has 78 valence electrons. The first-order valence-corrected chi connectivity index (χ1v) is 5.61. The molecule has 0 aromatic carbocycles. The second-order valence-corrected chi connectivity index (χ2v) is 3.88. The first kappa shape index (κ1) is 11.1. The Labute approximate surface area is 87.6 Å². The molecule has 0 bridgehead atoms. The predicted octanol–water partition coefficient (Wildman–Crippen LogP) is 3.56. The van der Waals surface area contributed by atoms with Gasteiger partial charge in [-0.1, -0.05) is 37.5 Å². The molecule has 0 saturated carbocycles. The van der Waals surface area contributed by atoms with Crippen LogP contribution in [0.15, 0.2) is 35.6 Å². The fraction of sp³-hybridized carbons (Fsp3) is 0.538. The summed E-state index contributed by atoms with van der Waals surface area (Å²) in [4.78, 5) is 0. The van der Waals surface area contributed by atoms with Gasteiger partial charge in [0, 0.05) is 12.2 Å². The fourth-order valence-corrected chi connectivity index (χ4v) is 1.45. The normalized spacial score (nSPS) is 15.9. The van der Waals surface area contributed by atoms with Crippen molar-refractivity contribution in [3.63, 3.8) is 0 Å². The van der Waals surface area contributed by atoms with Crippen LogP contribution in [0, 0.1) is 0 Å². The van der Waals surface area contributed by atoms with Crippen LogP contribution in [0.4, 0.5) is 0 Å². The third-order valence-electron chi connectivity index (χ3n) is 2.39. The maximum absolute atomic E-state index is 3.45. The van der Waals surface area contributed by atoms with Crippen LogP contribution in [0.3, 0.4) is 0 Å². The van der Waals surface area contributed by atoms with Crippen LogP contribution in [0.1, 0.15) is 39.5 Å². The molecule has 0 radical (unpaired) electrons. The topological polar surface area (TPSA) is 12.0 Å². The highest BCUT2D eigenvalue weighted by Crippen LogP contribution is 2.08. The number of rotatable bonds is 5. The van der Waals surface area contributed by atoms with E-state index in [2.05, 4.69) is 43.5 Å². The van der Waals surface area contributed by atoms with Crippen molar-refractivity contribution in [1.82, 2.24) is 5.32 Å². The fourth-order valence-electron chi connectivity index (χ4n) is 1.45. The quantitative estimate of drug-likeness (QED) is 0.655. The van der Waals surface area contributed by atoms with Gasteiger partial charge in [-0.05, 0) is 31.9 Å². The molecular formula is C13H21N. The molecule has 0 aromatic rings. The third kappa shape index (κ3) is 4.31. The molecule has 1 N–H and O–H groups in total. The molecule has 1 heteroatoms. The van der Waals surface area contributed by atoms with Gasteiger partial charge < -0.3 is 5.32 Å². The SMILES string of the molecule is CCCCCNC1=CC=C(C)CC=C1. The molecule has 0 spiro atoms. The summed E-state index contributed by atoms with van der Waals surface area (Å²) in [7, 11) is 0. The minimum Gasteiger partial charge on any atom is -0.385 e. The number of hydrogen-bond donors (Lipinski definition) is 1. The van der Waals surface area contributed by atoms with Crippen LogP contribution >= 0.6 is 0 Å². The zero-order chi connectivity index (χ0) is 10.2. The molecule has 14 heavy (non-hydrogen) atoms. The molecule has 0 atom stereocenters. The molecule has 0 saturated heterocycles. The predicted molar refractivity (Wildman–Crippen MR) is 63.1 cm³/mol. The van der Waals surface area contributed by atoms with Gasteiger partial charge in [0.15, 0.2) is 0 Å². The van der Waals surface area contributed by atoms with Crippen molar-refractivity contribution in [2.24, 2.45) is 0 Å². The summed E-state index contributed by atoms with van der Waals surface area (Å²) in [5.41, 5.74) is 2.67. The average molecular weight is 191 g/mol. The van der Waals surface area contributed by atoms with E-state index in [0.29, 0.717) is 0 Å². The van der Waals surface area contributed by atoms with Crippen LogP contribution in [-0.2, 0) is 0 Å². The van der Waals surface area contributed by atoms with Crippen LogP contribution < -0.4 is 5.32 Å². The van der Waals surface area contributed by atoms with Crippen molar-refractivity contribution in [3.8, 4) is 0 Å². The first-order chi connectivity index (χ1) is 6.83. The lowest BCUT2D eigenvalue weighted by atomic mass is 10.2. The second-order valence-electron chi connectivity index (χ2n) is 3.88. The van der Waals surface area contributed by atoms with Crippen molar-refractivity contribution < 1.29 is 0 Å². The summed E-state index contributed by atoms with van der Waals surface area (Å²) in [5.74, 6) is 0.